The van der Waals surface area contributed by atoms with Crippen LogP contribution in [0.15, 0.2) is 22.7 Å². The number of aryl methyl sites for hydroxylation is 1. The van der Waals surface area contributed by atoms with Gasteiger partial charge in [-0.25, -0.2) is 0 Å². The fourth-order valence-corrected chi connectivity index (χ4v) is 1.70. The topological polar surface area (TPSA) is 88.2 Å². The van der Waals surface area contributed by atoms with Gasteiger partial charge in [0.25, 0.3) is 5.91 Å². The van der Waals surface area contributed by atoms with Crippen LogP contribution >= 0.6 is 0 Å². The number of nitrogens with zero attached hydrogens (tertiary/aromatic N) is 2. The first kappa shape index (κ1) is 13.1. The molecule has 0 atom stereocenters. The molecule has 0 fully saturated rings. The maximum absolute atomic E-state index is 11.9. The van der Waals surface area contributed by atoms with Crippen LogP contribution in [0.5, 0.6) is 5.75 Å². The Morgan fingerprint density at radius 2 is 2.21 bits per heavy atom. The Bertz CT molecular complexity index is 593. The van der Waals surface area contributed by atoms with Crippen LogP contribution in [0.2, 0.25) is 0 Å². The van der Waals surface area contributed by atoms with Crippen LogP contribution in [0.25, 0.3) is 0 Å². The first-order valence-corrected chi connectivity index (χ1v) is 5.94. The van der Waals surface area contributed by atoms with E-state index in [-0.39, 0.29) is 11.7 Å². The van der Waals surface area contributed by atoms with Gasteiger partial charge in [-0.2, -0.15) is 4.98 Å². The van der Waals surface area contributed by atoms with Crippen molar-refractivity contribution in [3.8, 4) is 5.75 Å². The molecule has 2 N–H and O–H groups in total. The maximum Gasteiger partial charge on any atom is 0.251 e. The Morgan fingerprint density at radius 3 is 2.89 bits per heavy atom. The third-order valence-corrected chi connectivity index (χ3v) is 2.75. The van der Waals surface area contributed by atoms with Gasteiger partial charge in [0.05, 0.1) is 0 Å². The predicted molar refractivity (Wildman–Crippen MR) is 67.9 cm³/mol. The summed E-state index contributed by atoms with van der Waals surface area (Å²) in [5.74, 6) is 0.950. The summed E-state index contributed by atoms with van der Waals surface area (Å²) < 4.78 is 4.83. The summed E-state index contributed by atoms with van der Waals surface area (Å²) in [5.41, 5.74) is 1.03. The molecule has 1 aromatic carbocycles. The Hall–Kier alpha value is -2.37. The smallest absolute Gasteiger partial charge is 0.251 e. The summed E-state index contributed by atoms with van der Waals surface area (Å²) in [5, 5.41) is 16.0. The molecule has 0 saturated heterocycles. The lowest BCUT2D eigenvalue weighted by Crippen LogP contribution is -2.26. The average molecular weight is 261 g/mol. The van der Waals surface area contributed by atoms with Crippen molar-refractivity contribution < 1.29 is 14.4 Å². The fourth-order valence-electron chi connectivity index (χ4n) is 1.70. The van der Waals surface area contributed by atoms with E-state index >= 15 is 0 Å². The SMILES string of the molecule is Cc1nc(CCNC(=O)c2cccc(O)c2C)no1. The van der Waals surface area contributed by atoms with Crippen molar-refractivity contribution in [2.45, 2.75) is 20.3 Å². The third kappa shape index (κ3) is 3.09. The van der Waals surface area contributed by atoms with Crippen LogP contribution in [0.4, 0.5) is 0 Å². The molecule has 0 unspecified atom stereocenters. The van der Waals surface area contributed by atoms with Crippen molar-refractivity contribution in [3.05, 3.63) is 41.0 Å². The fraction of sp³-hybridized carbons (Fsp3) is 0.308. The number of phenols is 1. The molecule has 19 heavy (non-hydrogen) atoms. The van der Waals surface area contributed by atoms with E-state index in [1.807, 2.05) is 0 Å². The number of phenolic OH excluding ortho intramolecular Hbond substituents is 1. The highest BCUT2D eigenvalue weighted by molar-refractivity contribution is 5.96. The van der Waals surface area contributed by atoms with E-state index in [0.717, 1.165) is 0 Å². The van der Waals surface area contributed by atoms with Crippen LogP contribution in [0.3, 0.4) is 0 Å². The second-order valence-electron chi connectivity index (χ2n) is 4.19. The first-order chi connectivity index (χ1) is 9.08. The van der Waals surface area contributed by atoms with E-state index in [1.54, 1.807) is 32.0 Å². The molecular formula is C13H15N3O3. The summed E-state index contributed by atoms with van der Waals surface area (Å²) in [6.07, 6.45) is 0.501. The first-order valence-electron chi connectivity index (χ1n) is 5.94. The molecular weight excluding hydrogens is 246 g/mol. The molecule has 0 spiro atoms. The quantitative estimate of drug-likeness (QED) is 0.867. The number of benzene rings is 1. The van der Waals surface area contributed by atoms with Crippen LogP contribution < -0.4 is 5.32 Å². The number of rotatable bonds is 4. The molecule has 0 radical (unpaired) electrons. The molecule has 1 amide bonds. The van der Waals surface area contributed by atoms with E-state index in [0.29, 0.717) is 35.8 Å². The zero-order valence-corrected chi connectivity index (χ0v) is 10.8. The molecule has 0 aliphatic carbocycles. The molecule has 1 heterocycles. The van der Waals surface area contributed by atoms with Crippen molar-refractivity contribution in [1.82, 2.24) is 15.5 Å². The van der Waals surface area contributed by atoms with Gasteiger partial charge in [0.15, 0.2) is 5.82 Å². The second-order valence-corrected chi connectivity index (χ2v) is 4.19. The van der Waals surface area contributed by atoms with Crippen molar-refractivity contribution in [2.75, 3.05) is 6.54 Å². The predicted octanol–water partition coefficient (Wildman–Crippen LogP) is 1.36. The van der Waals surface area contributed by atoms with Crippen LogP contribution in [-0.2, 0) is 6.42 Å². The average Bonchev–Trinajstić information content (AvgIpc) is 2.78. The molecule has 2 rings (SSSR count). The number of aromatic hydroxyl groups is 1. The maximum atomic E-state index is 11.9. The van der Waals surface area contributed by atoms with Crippen LogP contribution in [0, 0.1) is 13.8 Å². The molecule has 0 aliphatic rings. The lowest BCUT2D eigenvalue weighted by molar-refractivity contribution is 0.0953. The lowest BCUT2D eigenvalue weighted by atomic mass is 10.1. The number of carbonyl (C=O) groups excluding carboxylic acids is 1. The van der Waals surface area contributed by atoms with Gasteiger partial charge >= 0.3 is 0 Å². The van der Waals surface area contributed by atoms with E-state index in [2.05, 4.69) is 15.5 Å². The summed E-state index contributed by atoms with van der Waals surface area (Å²) in [6.45, 7) is 3.82. The molecule has 1 aromatic heterocycles. The standard InChI is InChI=1S/C13H15N3O3/c1-8-10(4-3-5-11(8)17)13(18)14-7-6-12-15-9(2)19-16-12/h3-5,17H,6-7H2,1-2H3,(H,14,18). The van der Waals surface area contributed by atoms with Gasteiger partial charge in [0, 0.05) is 31.0 Å². The molecule has 2 aromatic rings. The highest BCUT2D eigenvalue weighted by atomic mass is 16.5. The van der Waals surface area contributed by atoms with Crippen molar-refractivity contribution in [2.24, 2.45) is 0 Å². The van der Waals surface area contributed by atoms with E-state index in [9.17, 15) is 9.90 Å². The van der Waals surface area contributed by atoms with Gasteiger partial charge in [-0.05, 0) is 19.1 Å². The monoisotopic (exact) mass is 261 g/mol. The number of carbonyl (C=O) groups is 1. The van der Waals surface area contributed by atoms with Gasteiger partial charge in [0.1, 0.15) is 5.75 Å². The van der Waals surface area contributed by atoms with Gasteiger partial charge in [-0.15, -0.1) is 0 Å². The number of amides is 1. The highest BCUT2D eigenvalue weighted by Gasteiger charge is 2.11. The normalized spacial score (nSPS) is 10.4. The Labute approximate surface area is 110 Å². The highest BCUT2D eigenvalue weighted by Crippen LogP contribution is 2.19. The molecule has 0 aliphatic heterocycles. The van der Waals surface area contributed by atoms with Crippen molar-refractivity contribution >= 4 is 5.91 Å². The summed E-state index contributed by atoms with van der Waals surface area (Å²) in [6, 6.07) is 4.86. The number of aromatic nitrogens is 2. The third-order valence-electron chi connectivity index (χ3n) is 2.75. The molecule has 6 nitrogen and oxygen atoms in total. The summed E-state index contributed by atoms with van der Waals surface area (Å²) in [4.78, 5) is 16.0. The lowest BCUT2D eigenvalue weighted by Gasteiger charge is -2.07. The van der Waals surface area contributed by atoms with E-state index in [4.69, 9.17) is 4.52 Å². The van der Waals surface area contributed by atoms with Gasteiger partial charge in [-0.3, -0.25) is 4.79 Å². The number of nitrogens with one attached hydrogen (secondary N) is 1. The zero-order valence-electron chi connectivity index (χ0n) is 10.8. The second kappa shape index (κ2) is 5.51. The minimum Gasteiger partial charge on any atom is -0.508 e. The van der Waals surface area contributed by atoms with Gasteiger partial charge < -0.3 is 14.9 Å². The largest absolute Gasteiger partial charge is 0.508 e. The molecule has 0 bridgehead atoms. The van der Waals surface area contributed by atoms with Crippen LogP contribution in [-0.4, -0.2) is 27.7 Å². The zero-order chi connectivity index (χ0) is 13.8. The van der Waals surface area contributed by atoms with Gasteiger partial charge in [-0.1, -0.05) is 11.2 Å². The van der Waals surface area contributed by atoms with E-state index < -0.39 is 0 Å². The molecule has 0 saturated carbocycles. The van der Waals surface area contributed by atoms with E-state index in [1.165, 1.54) is 0 Å². The Kier molecular flexibility index (Phi) is 3.79. The number of hydrogen-bond acceptors (Lipinski definition) is 5. The minimum absolute atomic E-state index is 0.112. The minimum atomic E-state index is -0.228. The van der Waals surface area contributed by atoms with Gasteiger partial charge in [0.2, 0.25) is 5.89 Å². The summed E-state index contributed by atoms with van der Waals surface area (Å²) in [7, 11) is 0. The Morgan fingerprint density at radius 1 is 1.42 bits per heavy atom. The molecule has 6 heteroatoms. The van der Waals surface area contributed by atoms with Crippen molar-refractivity contribution in [1.29, 1.82) is 0 Å². The number of hydrogen-bond donors (Lipinski definition) is 2. The van der Waals surface area contributed by atoms with Crippen LogP contribution in [0.1, 0.15) is 27.6 Å². The van der Waals surface area contributed by atoms with Crippen molar-refractivity contribution in [3.63, 3.8) is 0 Å². The summed E-state index contributed by atoms with van der Waals surface area (Å²) >= 11 is 0. The molecule has 100 valence electrons. The Balaban J connectivity index is 1.93.